The summed E-state index contributed by atoms with van der Waals surface area (Å²) in [5.74, 6) is 0. The van der Waals surface area contributed by atoms with Gasteiger partial charge < -0.3 is 0 Å². The maximum Gasteiger partial charge on any atom is 0.175 e. The van der Waals surface area contributed by atoms with Crippen LogP contribution in [-0.2, 0) is 0 Å². The molecule has 2 aromatic carbocycles. The maximum absolute atomic E-state index is 6.24. The number of rotatable bonds is 1. The van der Waals surface area contributed by atoms with E-state index in [0.717, 1.165) is 22.3 Å². The molecular formula is C16H10ClN3. The Morgan fingerprint density at radius 3 is 2.50 bits per heavy atom. The minimum atomic E-state index is 0.422. The summed E-state index contributed by atoms with van der Waals surface area (Å²) in [5, 5.41) is 0.422. The SMILES string of the molecule is Clc1nc2ccccc2n2c(-c3ccccc3)cnc12. The van der Waals surface area contributed by atoms with E-state index in [4.69, 9.17) is 11.6 Å². The van der Waals surface area contributed by atoms with Crippen molar-refractivity contribution >= 4 is 28.3 Å². The second-order valence-electron chi connectivity index (χ2n) is 4.56. The molecule has 2 heterocycles. The zero-order chi connectivity index (χ0) is 13.5. The van der Waals surface area contributed by atoms with Crippen LogP contribution in [0.2, 0.25) is 5.15 Å². The monoisotopic (exact) mass is 279 g/mol. The highest BCUT2D eigenvalue weighted by atomic mass is 35.5. The van der Waals surface area contributed by atoms with Crippen LogP contribution >= 0.6 is 11.6 Å². The van der Waals surface area contributed by atoms with E-state index in [9.17, 15) is 0 Å². The molecule has 4 heteroatoms. The zero-order valence-corrected chi connectivity index (χ0v) is 11.2. The molecule has 0 N–H and O–H groups in total. The molecule has 20 heavy (non-hydrogen) atoms. The maximum atomic E-state index is 6.24. The van der Waals surface area contributed by atoms with E-state index < -0.39 is 0 Å². The van der Waals surface area contributed by atoms with Crippen LogP contribution in [-0.4, -0.2) is 14.4 Å². The van der Waals surface area contributed by atoms with Crippen molar-refractivity contribution in [2.75, 3.05) is 0 Å². The minimum absolute atomic E-state index is 0.422. The van der Waals surface area contributed by atoms with E-state index in [2.05, 4.69) is 26.5 Å². The molecule has 0 aliphatic heterocycles. The summed E-state index contributed by atoms with van der Waals surface area (Å²) >= 11 is 6.24. The fourth-order valence-electron chi connectivity index (χ4n) is 2.46. The molecule has 0 fully saturated rings. The van der Waals surface area contributed by atoms with Crippen LogP contribution in [0.1, 0.15) is 0 Å². The fourth-order valence-corrected chi connectivity index (χ4v) is 2.68. The average molecular weight is 280 g/mol. The molecule has 0 spiro atoms. The summed E-state index contributed by atoms with van der Waals surface area (Å²) < 4.78 is 2.06. The first-order valence-electron chi connectivity index (χ1n) is 6.32. The van der Waals surface area contributed by atoms with Gasteiger partial charge in [-0.2, -0.15) is 0 Å². The summed E-state index contributed by atoms with van der Waals surface area (Å²) in [6, 6.07) is 18.1. The first-order chi connectivity index (χ1) is 9.84. The molecule has 3 nitrogen and oxygen atoms in total. The molecule has 0 saturated heterocycles. The van der Waals surface area contributed by atoms with Crippen molar-refractivity contribution in [2.45, 2.75) is 0 Å². The topological polar surface area (TPSA) is 30.2 Å². The number of nitrogens with zero attached hydrogens (tertiary/aromatic N) is 3. The third-order valence-electron chi connectivity index (χ3n) is 3.36. The highest BCUT2D eigenvalue weighted by molar-refractivity contribution is 6.32. The van der Waals surface area contributed by atoms with E-state index in [0.29, 0.717) is 10.8 Å². The number of hydrogen-bond donors (Lipinski definition) is 0. The summed E-state index contributed by atoms with van der Waals surface area (Å²) in [6.45, 7) is 0. The fraction of sp³-hybridized carbons (Fsp3) is 0. The Morgan fingerprint density at radius 2 is 1.65 bits per heavy atom. The van der Waals surface area contributed by atoms with Crippen molar-refractivity contribution in [1.29, 1.82) is 0 Å². The van der Waals surface area contributed by atoms with Gasteiger partial charge in [0.15, 0.2) is 10.8 Å². The van der Waals surface area contributed by atoms with Gasteiger partial charge in [0.25, 0.3) is 0 Å². The smallest absolute Gasteiger partial charge is 0.175 e. The van der Waals surface area contributed by atoms with Gasteiger partial charge in [0, 0.05) is 5.56 Å². The molecule has 0 unspecified atom stereocenters. The van der Waals surface area contributed by atoms with Crippen LogP contribution in [0.4, 0.5) is 0 Å². The second-order valence-corrected chi connectivity index (χ2v) is 4.92. The molecular weight excluding hydrogens is 270 g/mol. The van der Waals surface area contributed by atoms with Gasteiger partial charge in [0.05, 0.1) is 22.9 Å². The molecule has 0 amide bonds. The van der Waals surface area contributed by atoms with E-state index in [1.54, 1.807) is 0 Å². The highest BCUT2D eigenvalue weighted by Crippen LogP contribution is 2.27. The van der Waals surface area contributed by atoms with Gasteiger partial charge in [0.2, 0.25) is 0 Å². The summed E-state index contributed by atoms with van der Waals surface area (Å²) in [5.41, 5.74) is 4.67. The normalized spacial score (nSPS) is 11.2. The summed E-state index contributed by atoms with van der Waals surface area (Å²) in [7, 11) is 0. The molecule has 0 atom stereocenters. The molecule has 2 aromatic heterocycles. The Morgan fingerprint density at radius 1 is 0.900 bits per heavy atom. The lowest BCUT2D eigenvalue weighted by Crippen LogP contribution is -1.94. The molecule has 4 aromatic rings. The van der Waals surface area contributed by atoms with Gasteiger partial charge >= 0.3 is 0 Å². The number of para-hydroxylation sites is 2. The third kappa shape index (κ3) is 1.60. The van der Waals surface area contributed by atoms with Crippen LogP contribution in [0.3, 0.4) is 0 Å². The highest BCUT2D eigenvalue weighted by Gasteiger charge is 2.12. The number of imidazole rings is 1. The second kappa shape index (κ2) is 4.32. The quantitative estimate of drug-likeness (QED) is 0.523. The summed E-state index contributed by atoms with van der Waals surface area (Å²) in [4.78, 5) is 8.81. The largest absolute Gasteiger partial charge is 0.288 e. The first kappa shape index (κ1) is 11.4. The lowest BCUT2D eigenvalue weighted by molar-refractivity contribution is 1.21. The molecule has 0 saturated carbocycles. The lowest BCUT2D eigenvalue weighted by Gasteiger charge is -2.07. The van der Waals surface area contributed by atoms with E-state index >= 15 is 0 Å². The van der Waals surface area contributed by atoms with E-state index in [1.807, 2.05) is 48.7 Å². The standard InChI is InChI=1S/C16H10ClN3/c17-15-16-18-10-14(11-6-2-1-3-7-11)20(16)13-9-5-4-8-12(13)19-15/h1-10H. The van der Waals surface area contributed by atoms with Crippen LogP contribution in [0.25, 0.3) is 27.9 Å². The van der Waals surface area contributed by atoms with Gasteiger partial charge in [-0.25, -0.2) is 9.97 Å². The van der Waals surface area contributed by atoms with Gasteiger partial charge in [0.1, 0.15) is 0 Å². The van der Waals surface area contributed by atoms with Crippen LogP contribution < -0.4 is 0 Å². The zero-order valence-electron chi connectivity index (χ0n) is 10.5. The number of halogens is 1. The predicted octanol–water partition coefficient (Wildman–Crippen LogP) is 4.20. The Hall–Kier alpha value is -2.39. The Balaban J connectivity index is 2.19. The lowest BCUT2D eigenvalue weighted by atomic mass is 10.1. The van der Waals surface area contributed by atoms with Gasteiger partial charge in [-0.05, 0) is 12.1 Å². The van der Waals surface area contributed by atoms with Crippen molar-refractivity contribution in [3.05, 3.63) is 65.9 Å². The van der Waals surface area contributed by atoms with Gasteiger partial charge in [-0.1, -0.05) is 54.1 Å². The average Bonchev–Trinajstić information content (AvgIpc) is 2.94. The number of benzene rings is 2. The Bertz CT molecular complexity index is 913. The van der Waals surface area contributed by atoms with E-state index in [1.165, 1.54) is 0 Å². The van der Waals surface area contributed by atoms with Crippen molar-refractivity contribution in [3.8, 4) is 11.3 Å². The van der Waals surface area contributed by atoms with Crippen molar-refractivity contribution in [1.82, 2.24) is 14.4 Å². The van der Waals surface area contributed by atoms with Crippen molar-refractivity contribution < 1.29 is 0 Å². The van der Waals surface area contributed by atoms with Crippen LogP contribution in [0.15, 0.2) is 60.8 Å². The van der Waals surface area contributed by atoms with Gasteiger partial charge in [-0.15, -0.1) is 0 Å². The molecule has 0 aliphatic rings. The molecule has 0 bridgehead atoms. The minimum Gasteiger partial charge on any atom is -0.288 e. The third-order valence-corrected chi connectivity index (χ3v) is 3.61. The molecule has 96 valence electrons. The van der Waals surface area contributed by atoms with Crippen molar-refractivity contribution in [2.24, 2.45) is 0 Å². The van der Waals surface area contributed by atoms with Crippen molar-refractivity contribution in [3.63, 3.8) is 0 Å². The molecule has 4 rings (SSSR count). The number of hydrogen-bond acceptors (Lipinski definition) is 2. The van der Waals surface area contributed by atoms with Crippen LogP contribution in [0, 0.1) is 0 Å². The first-order valence-corrected chi connectivity index (χ1v) is 6.69. The summed E-state index contributed by atoms with van der Waals surface area (Å²) in [6.07, 6.45) is 1.84. The number of aromatic nitrogens is 3. The number of fused-ring (bicyclic) bond motifs is 3. The Kier molecular flexibility index (Phi) is 2.47. The molecule has 0 aliphatic carbocycles. The molecule has 0 radical (unpaired) electrons. The van der Waals surface area contributed by atoms with Gasteiger partial charge in [-0.3, -0.25) is 4.40 Å². The predicted molar refractivity (Wildman–Crippen MR) is 80.9 cm³/mol. The Labute approximate surface area is 120 Å². The van der Waals surface area contributed by atoms with E-state index in [-0.39, 0.29) is 0 Å². The van der Waals surface area contributed by atoms with Crippen LogP contribution in [0.5, 0.6) is 0 Å².